The Hall–Kier alpha value is -1.88. The average molecular weight is 208 g/mol. The maximum Gasteiger partial charge on any atom is 0.317 e. The fourth-order valence-corrected chi connectivity index (χ4v) is 0.872. The first-order valence-electron chi connectivity index (χ1n) is 4.57. The summed E-state index contributed by atoms with van der Waals surface area (Å²) in [6, 6.07) is 3.32. The molecule has 5 heteroatoms. The lowest BCUT2D eigenvalue weighted by Gasteiger charge is -1.88. The fraction of sp³-hybridized carbons (Fsp3) is 0.600. The number of carboxylic acids is 1. The Labute approximate surface area is 87.9 Å². The molecule has 80 valence electrons. The smallest absolute Gasteiger partial charge is 0.317 e. The van der Waals surface area contributed by atoms with E-state index in [1.165, 1.54) is 18.9 Å². The predicted molar refractivity (Wildman–Crippen MR) is 50.4 cm³/mol. The first-order chi connectivity index (χ1) is 7.10. The Morgan fingerprint density at radius 2 is 1.73 bits per heavy atom. The van der Waals surface area contributed by atoms with Crippen molar-refractivity contribution in [3.05, 3.63) is 0 Å². The zero-order valence-electron chi connectivity index (χ0n) is 8.27. The highest BCUT2D eigenvalue weighted by Crippen LogP contribution is 2.32. The summed E-state index contributed by atoms with van der Waals surface area (Å²) in [5.41, 5.74) is 0. The number of rotatable bonds is 4. The first kappa shape index (κ1) is 13.1. The molecule has 0 saturated heterocycles. The Morgan fingerprint density at radius 3 is 2.00 bits per heavy atom. The van der Waals surface area contributed by atoms with E-state index in [1.54, 1.807) is 0 Å². The van der Waals surface area contributed by atoms with Gasteiger partial charge in [-0.05, 0) is 18.8 Å². The molecule has 1 fully saturated rings. The number of nitrogens with zero attached hydrogens (tertiary/aromatic N) is 2. The second-order valence-corrected chi connectivity index (χ2v) is 3.25. The van der Waals surface area contributed by atoms with Gasteiger partial charge in [0.15, 0.2) is 0 Å². The number of hydrogen-bond donors (Lipinski definition) is 1. The van der Waals surface area contributed by atoms with Crippen LogP contribution >= 0.6 is 0 Å². The van der Waals surface area contributed by atoms with Crippen LogP contribution in [0.25, 0.3) is 0 Å². The summed E-state index contributed by atoms with van der Waals surface area (Å²) in [6.45, 7) is 0. The van der Waals surface area contributed by atoms with E-state index in [0.29, 0.717) is 12.3 Å². The highest BCUT2D eigenvalue weighted by Gasteiger charge is 2.23. The zero-order valence-corrected chi connectivity index (χ0v) is 8.27. The molecule has 1 aliphatic carbocycles. The molecule has 0 aromatic heterocycles. The summed E-state index contributed by atoms with van der Waals surface area (Å²) in [6.07, 6.45) is 2.73. The van der Waals surface area contributed by atoms with Crippen molar-refractivity contribution in [2.45, 2.75) is 32.1 Å². The van der Waals surface area contributed by atoms with Crippen molar-refractivity contribution in [2.75, 3.05) is 0 Å². The Balaban J connectivity index is 0.000000288. The summed E-state index contributed by atoms with van der Waals surface area (Å²) >= 11 is 0. The van der Waals surface area contributed by atoms with Crippen LogP contribution in [0, 0.1) is 28.6 Å². The molecule has 0 atom stereocenters. The van der Waals surface area contributed by atoms with E-state index in [9.17, 15) is 9.59 Å². The SMILES string of the molecule is N#CCC(=O)CC1CC1.N#CCC(=O)O. The van der Waals surface area contributed by atoms with Crippen LogP contribution in [0.2, 0.25) is 0 Å². The molecule has 1 N–H and O–H groups in total. The molecule has 0 amide bonds. The van der Waals surface area contributed by atoms with Crippen LogP contribution in [-0.4, -0.2) is 16.9 Å². The minimum atomic E-state index is -1.07. The molecule has 1 rings (SSSR count). The minimum absolute atomic E-state index is 0.108. The topological polar surface area (TPSA) is 102 Å². The monoisotopic (exact) mass is 208 g/mol. The lowest BCUT2D eigenvalue weighted by atomic mass is 10.2. The van der Waals surface area contributed by atoms with Crippen molar-refractivity contribution in [1.29, 1.82) is 10.5 Å². The van der Waals surface area contributed by atoms with Gasteiger partial charge in [0, 0.05) is 6.42 Å². The molecule has 0 aliphatic heterocycles. The number of aliphatic carboxylic acids is 1. The number of hydrogen-bond acceptors (Lipinski definition) is 4. The van der Waals surface area contributed by atoms with Crippen molar-refractivity contribution in [2.24, 2.45) is 5.92 Å². The van der Waals surface area contributed by atoms with Crippen LogP contribution in [0.4, 0.5) is 0 Å². The van der Waals surface area contributed by atoms with Gasteiger partial charge in [-0.25, -0.2) is 0 Å². The van der Waals surface area contributed by atoms with Gasteiger partial charge >= 0.3 is 5.97 Å². The van der Waals surface area contributed by atoms with Gasteiger partial charge in [-0.1, -0.05) is 0 Å². The van der Waals surface area contributed by atoms with Crippen molar-refractivity contribution in [3.63, 3.8) is 0 Å². The van der Waals surface area contributed by atoms with Gasteiger partial charge in [0.2, 0.25) is 0 Å². The molecule has 5 nitrogen and oxygen atoms in total. The van der Waals surface area contributed by atoms with E-state index in [2.05, 4.69) is 0 Å². The van der Waals surface area contributed by atoms with Crippen LogP contribution in [0.3, 0.4) is 0 Å². The van der Waals surface area contributed by atoms with Gasteiger partial charge in [0.1, 0.15) is 12.2 Å². The average Bonchev–Trinajstić information content (AvgIpc) is 2.89. The number of carbonyl (C=O) groups excluding carboxylic acids is 1. The van der Waals surface area contributed by atoms with Crippen molar-refractivity contribution in [3.8, 4) is 12.1 Å². The number of ketones is 1. The predicted octanol–water partition coefficient (Wildman–Crippen LogP) is 1.25. The number of carbonyl (C=O) groups is 2. The van der Waals surface area contributed by atoms with Crippen LogP contribution < -0.4 is 0 Å². The third-order valence-electron chi connectivity index (χ3n) is 1.72. The second-order valence-electron chi connectivity index (χ2n) is 3.25. The van der Waals surface area contributed by atoms with E-state index in [0.717, 1.165) is 0 Å². The maximum atomic E-state index is 10.7. The number of carboxylic acid groups (broad SMARTS) is 1. The summed E-state index contributed by atoms with van der Waals surface area (Å²) in [4.78, 5) is 20.0. The van der Waals surface area contributed by atoms with Crippen LogP contribution in [0.1, 0.15) is 32.1 Å². The summed E-state index contributed by atoms with van der Waals surface area (Å²) in [7, 11) is 0. The highest BCUT2D eigenvalue weighted by atomic mass is 16.4. The first-order valence-corrected chi connectivity index (χ1v) is 4.57. The quantitative estimate of drug-likeness (QED) is 0.749. The van der Waals surface area contributed by atoms with Gasteiger partial charge in [-0.2, -0.15) is 10.5 Å². The van der Waals surface area contributed by atoms with E-state index >= 15 is 0 Å². The van der Waals surface area contributed by atoms with Crippen molar-refractivity contribution < 1.29 is 14.7 Å². The van der Waals surface area contributed by atoms with Gasteiger partial charge in [0.25, 0.3) is 0 Å². The lowest BCUT2D eigenvalue weighted by Crippen LogP contribution is -1.95. The van der Waals surface area contributed by atoms with Crippen LogP contribution in [0.15, 0.2) is 0 Å². The summed E-state index contributed by atoms with van der Waals surface area (Å²) < 4.78 is 0. The second kappa shape index (κ2) is 7.52. The summed E-state index contributed by atoms with van der Waals surface area (Å²) in [5, 5.41) is 23.4. The van der Waals surface area contributed by atoms with Crippen LogP contribution in [0.5, 0.6) is 0 Å². The molecule has 1 aliphatic rings. The molecule has 0 heterocycles. The molecule has 1 saturated carbocycles. The van der Waals surface area contributed by atoms with E-state index in [-0.39, 0.29) is 12.2 Å². The molecular weight excluding hydrogens is 196 g/mol. The van der Waals surface area contributed by atoms with Crippen LogP contribution in [-0.2, 0) is 9.59 Å². The molecular formula is C10H12N2O3. The van der Waals surface area contributed by atoms with Gasteiger partial charge in [-0.15, -0.1) is 0 Å². The Bertz CT molecular complexity index is 308. The number of Topliss-reactive ketones (excluding diaryl/α,β-unsaturated/α-hetero) is 1. The molecule has 0 bridgehead atoms. The molecule has 0 radical (unpaired) electrons. The standard InChI is InChI=1S/C7H9NO.C3H3NO2/c8-4-3-7(9)5-6-1-2-6;4-2-1-3(5)6/h6H,1-3,5H2;1H2,(H,5,6). The van der Waals surface area contributed by atoms with E-state index in [1.807, 2.05) is 6.07 Å². The third-order valence-corrected chi connectivity index (χ3v) is 1.72. The molecule has 15 heavy (non-hydrogen) atoms. The molecule has 0 aromatic carbocycles. The maximum absolute atomic E-state index is 10.7. The van der Waals surface area contributed by atoms with Crippen molar-refractivity contribution >= 4 is 11.8 Å². The zero-order chi connectivity index (χ0) is 11.7. The molecule has 0 spiro atoms. The van der Waals surface area contributed by atoms with Crippen molar-refractivity contribution in [1.82, 2.24) is 0 Å². The van der Waals surface area contributed by atoms with E-state index in [4.69, 9.17) is 15.6 Å². The third kappa shape index (κ3) is 10.0. The minimum Gasteiger partial charge on any atom is -0.480 e. The molecule has 0 unspecified atom stereocenters. The van der Waals surface area contributed by atoms with E-state index < -0.39 is 12.4 Å². The van der Waals surface area contributed by atoms with Gasteiger partial charge in [-0.3, -0.25) is 9.59 Å². The Morgan fingerprint density at radius 1 is 1.20 bits per heavy atom. The Kier molecular flexibility index (Phi) is 6.57. The van der Waals surface area contributed by atoms with Gasteiger partial charge in [0.05, 0.1) is 18.6 Å². The molecule has 0 aromatic rings. The van der Waals surface area contributed by atoms with Gasteiger partial charge < -0.3 is 5.11 Å². The normalized spacial score (nSPS) is 12.7. The largest absolute Gasteiger partial charge is 0.480 e. The summed E-state index contributed by atoms with van der Waals surface area (Å²) in [5.74, 6) is -0.330. The number of nitriles is 2. The lowest BCUT2D eigenvalue weighted by molar-refractivity contribution is -0.135. The highest BCUT2D eigenvalue weighted by molar-refractivity contribution is 5.80. The fourth-order valence-electron chi connectivity index (χ4n) is 0.872.